The summed E-state index contributed by atoms with van der Waals surface area (Å²) in [6.45, 7) is 2.00. The Balaban J connectivity index is 1.55. The largest absolute Gasteiger partial charge is 0.456 e. The third-order valence-electron chi connectivity index (χ3n) is 3.52. The van der Waals surface area contributed by atoms with Gasteiger partial charge in [-0.25, -0.2) is 9.78 Å². The number of esters is 1. The van der Waals surface area contributed by atoms with E-state index in [-0.39, 0.29) is 12.5 Å². The van der Waals surface area contributed by atoms with Crippen LogP contribution in [0.1, 0.15) is 28.5 Å². The zero-order chi connectivity index (χ0) is 18.4. The van der Waals surface area contributed by atoms with Crippen LogP contribution in [0, 0.1) is 0 Å². The van der Waals surface area contributed by atoms with Crippen molar-refractivity contribution in [3.8, 4) is 10.7 Å². The molecule has 6 nitrogen and oxygen atoms in total. The van der Waals surface area contributed by atoms with Crippen LogP contribution in [-0.4, -0.2) is 21.8 Å². The molecule has 26 heavy (non-hydrogen) atoms. The first-order valence-corrected chi connectivity index (χ1v) is 8.86. The Morgan fingerprint density at radius 2 is 1.96 bits per heavy atom. The van der Waals surface area contributed by atoms with Crippen molar-refractivity contribution in [3.63, 3.8) is 0 Å². The number of rotatable bonds is 6. The van der Waals surface area contributed by atoms with Gasteiger partial charge in [-0.3, -0.25) is 9.78 Å². The van der Waals surface area contributed by atoms with Crippen LogP contribution in [0.4, 0.5) is 0 Å². The molecule has 0 fully saturated rings. The monoisotopic (exact) mass is 367 g/mol. The summed E-state index contributed by atoms with van der Waals surface area (Å²) in [5, 5.41) is 5.35. The van der Waals surface area contributed by atoms with Crippen LogP contribution in [0.25, 0.3) is 10.7 Å². The molecule has 2 heterocycles. The van der Waals surface area contributed by atoms with Gasteiger partial charge in [0, 0.05) is 25.0 Å². The Morgan fingerprint density at radius 1 is 1.15 bits per heavy atom. The number of thiazole rings is 1. The molecule has 0 atom stereocenters. The minimum Gasteiger partial charge on any atom is -0.456 e. The third kappa shape index (κ3) is 4.73. The van der Waals surface area contributed by atoms with Gasteiger partial charge in [-0.2, -0.15) is 0 Å². The third-order valence-corrected chi connectivity index (χ3v) is 4.43. The fraction of sp³-hybridized carbons (Fsp3) is 0.158. The van der Waals surface area contributed by atoms with Crippen molar-refractivity contribution in [2.75, 3.05) is 0 Å². The Kier molecular flexibility index (Phi) is 5.70. The summed E-state index contributed by atoms with van der Waals surface area (Å²) in [5.74, 6) is -0.509. The van der Waals surface area contributed by atoms with E-state index in [1.807, 2.05) is 23.6 Å². The summed E-state index contributed by atoms with van der Waals surface area (Å²) in [6, 6.07) is 12.6. The minimum atomic E-state index is -0.413. The fourth-order valence-corrected chi connectivity index (χ4v) is 2.97. The molecule has 0 saturated heterocycles. The van der Waals surface area contributed by atoms with Gasteiger partial charge in [-0.1, -0.05) is 18.2 Å². The van der Waals surface area contributed by atoms with Crippen LogP contribution >= 0.6 is 11.3 Å². The predicted octanol–water partition coefficient (Wildman–Crippen LogP) is 3.20. The maximum absolute atomic E-state index is 12.1. The molecule has 1 N–H and O–H groups in total. The summed E-state index contributed by atoms with van der Waals surface area (Å²) >= 11 is 1.46. The number of nitrogens with one attached hydrogen (secondary N) is 1. The summed E-state index contributed by atoms with van der Waals surface area (Å²) in [7, 11) is 0. The van der Waals surface area contributed by atoms with E-state index in [0.29, 0.717) is 17.8 Å². The van der Waals surface area contributed by atoms with Gasteiger partial charge in [0.25, 0.3) is 0 Å². The highest BCUT2D eigenvalue weighted by Crippen LogP contribution is 2.21. The van der Waals surface area contributed by atoms with E-state index in [4.69, 9.17) is 4.74 Å². The second-order valence-corrected chi connectivity index (χ2v) is 6.40. The molecule has 7 heteroatoms. The van der Waals surface area contributed by atoms with Crippen molar-refractivity contribution in [1.82, 2.24) is 15.3 Å². The number of ether oxygens (including phenoxy) is 1. The van der Waals surface area contributed by atoms with E-state index < -0.39 is 5.97 Å². The summed E-state index contributed by atoms with van der Waals surface area (Å²) < 4.78 is 5.32. The molecule has 0 spiro atoms. The Morgan fingerprint density at radius 3 is 2.65 bits per heavy atom. The molecular formula is C19H17N3O3S. The van der Waals surface area contributed by atoms with E-state index in [9.17, 15) is 9.59 Å². The second kappa shape index (κ2) is 8.35. The molecule has 0 aliphatic heterocycles. The summed E-state index contributed by atoms with van der Waals surface area (Å²) in [5.41, 5.74) is 2.85. The number of carbonyl (C=O) groups excluding carboxylic acids is 2. The van der Waals surface area contributed by atoms with Crippen molar-refractivity contribution >= 4 is 23.2 Å². The molecule has 0 aliphatic rings. The second-order valence-electron chi connectivity index (χ2n) is 5.54. The fourth-order valence-electron chi connectivity index (χ4n) is 2.19. The quantitative estimate of drug-likeness (QED) is 0.677. The highest BCUT2D eigenvalue weighted by Gasteiger charge is 2.10. The molecule has 1 amide bonds. The Hall–Kier alpha value is -3.06. The van der Waals surface area contributed by atoms with Crippen LogP contribution in [0.3, 0.4) is 0 Å². The first-order chi connectivity index (χ1) is 12.6. The Bertz CT molecular complexity index is 892. The highest BCUT2D eigenvalue weighted by molar-refractivity contribution is 7.13. The number of nitrogens with zero attached hydrogens (tertiary/aromatic N) is 2. The van der Waals surface area contributed by atoms with Crippen LogP contribution < -0.4 is 5.32 Å². The van der Waals surface area contributed by atoms with Crippen molar-refractivity contribution in [1.29, 1.82) is 0 Å². The molecule has 3 aromatic rings. The number of hydrogen-bond acceptors (Lipinski definition) is 6. The minimum absolute atomic E-state index is 0.0955. The SMILES string of the molecule is CC(=O)NCc1ccc(C(=O)OCc2csc(-c3ccccn3)n2)cc1. The van der Waals surface area contributed by atoms with Gasteiger partial charge in [-0.15, -0.1) is 11.3 Å². The lowest BCUT2D eigenvalue weighted by Gasteiger charge is -2.05. The lowest BCUT2D eigenvalue weighted by atomic mass is 10.1. The molecule has 3 rings (SSSR count). The van der Waals surface area contributed by atoms with Crippen molar-refractivity contribution in [2.24, 2.45) is 0 Å². The lowest BCUT2D eigenvalue weighted by Crippen LogP contribution is -2.18. The van der Waals surface area contributed by atoms with Gasteiger partial charge in [0.1, 0.15) is 11.6 Å². The lowest BCUT2D eigenvalue weighted by molar-refractivity contribution is -0.119. The standard InChI is InChI=1S/C19H17N3O3S/c1-13(23)21-10-14-5-7-15(8-6-14)19(24)25-11-16-12-26-18(22-16)17-4-2-3-9-20-17/h2-9,12H,10-11H2,1H3,(H,21,23). The van der Waals surface area contributed by atoms with Gasteiger partial charge in [0.05, 0.1) is 17.0 Å². The van der Waals surface area contributed by atoms with Gasteiger partial charge < -0.3 is 10.1 Å². The smallest absolute Gasteiger partial charge is 0.338 e. The van der Waals surface area contributed by atoms with E-state index in [1.54, 1.807) is 30.5 Å². The van der Waals surface area contributed by atoms with E-state index in [1.165, 1.54) is 18.3 Å². The van der Waals surface area contributed by atoms with Gasteiger partial charge in [0.15, 0.2) is 0 Å². The van der Waals surface area contributed by atoms with Crippen LogP contribution in [0.5, 0.6) is 0 Å². The van der Waals surface area contributed by atoms with E-state index in [0.717, 1.165) is 16.3 Å². The maximum atomic E-state index is 12.1. The topological polar surface area (TPSA) is 81.2 Å². The number of amides is 1. The molecule has 0 radical (unpaired) electrons. The number of aromatic nitrogens is 2. The number of carbonyl (C=O) groups is 2. The molecular weight excluding hydrogens is 350 g/mol. The molecule has 0 aliphatic carbocycles. The first kappa shape index (κ1) is 17.8. The average Bonchev–Trinajstić information content (AvgIpc) is 3.14. The highest BCUT2D eigenvalue weighted by atomic mass is 32.1. The average molecular weight is 367 g/mol. The number of benzene rings is 1. The summed E-state index contributed by atoms with van der Waals surface area (Å²) in [4.78, 5) is 31.7. The number of pyridine rings is 1. The molecule has 0 unspecified atom stereocenters. The normalized spacial score (nSPS) is 10.3. The molecule has 1 aromatic carbocycles. The maximum Gasteiger partial charge on any atom is 0.338 e. The zero-order valence-electron chi connectivity index (χ0n) is 14.1. The molecule has 132 valence electrons. The molecule has 0 saturated carbocycles. The van der Waals surface area contributed by atoms with Gasteiger partial charge >= 0.3 is 5.97 Å². The first-order valence-electron chi connectivity index (χ1n) is 7.98. The van der Waals surface area contributed by atoms with Gasteiger partial charge in [0.2, 0.25) is 5.91 Å². The van der Waals surface area contributed by atoms with E-state index >= 15 is 0 Å². The zero-order valence-corrected chi connectivity index (χ0v) is 15.0. The van der Waals surface area contributed by atoms with Crippen LogP contribution in [0.2, 0.25) is 0 Å². The van der Waals surface area contributed by atoms with Crippen molar-refractivity contribution in [3.05, 3.63) is 70.9 Å². The molecule has 2 aromatic heterocycles. The van der Waals surface area contributed by atoms with Crippen LogP contribution in [0.15, 0.2) is 54.0 Å². The molecule has 0 bridgehead atoms. The van der Waals surface area contributed by atoms with Crippen molar-refractivity contribution < 1.29 is 14.3 Å². The van der Waals surface area contributed by atoms with Crippen molar-refractivity contribution in [2.45, 2.75) is 20.1 Å². The summed E-state index contributed by atoms with van der Waals surface area (Å²) in [6.07, 6.45) is 1.71. The van der Waals surface area contributed by atoms with Gasteiger partial charge in [-0.05, 0) is 29.8 Å². The van der Waals surface area contributed by atoms with Crippen LogP contribution in [-0.2, 0) is 22.7 Å². The number of hydrogen-bond donors (Lipinski definition) is 1. The predicted molar refractivity (Wildman–Crippen MR) is 98.4 cm³/mol. The van der Waals surface area contributed by atoms with E-state index in [2.05, 4.69) is 15.3 Å². The Labute approximate surface area is 154 Å².